The third kappa shape index (κ3) is 7.18. The van der Waals surface area contributed by atoms with Crippen molar-refractivity contribution >= 4 is 39.3 Å². The van der Waals surface area contributed by atoms with Crippen molar-refractivity contribution in [3.8, 4) is 0 Å². The Morgan fingerprint density at radius 3 is 2.33 bits per heavy atom. The van der Waals surface area contributed by atoms with Crippen molar-refractivity contribution in [1.82, 2.24) is 4.90 Å². The van der Waals surface area contributed by atoms with Crippen molar-refractivity contribution in [3.05, 3.63) is 101 Å². The van der Waals surface area contributed by atoms with Gasteiger partial charge in [0.1, 0.15) is 0 Å². The summed E-state index contributed by atoms with van der Waals surface area (Å²) < 4.78 is 32.9. The zero-order valence-corrected chi connectivity index (χ0v) is 19.7. The van der Waals surface area contributed by atoms with E-state index in [9.17, 15) is 13.2 Å². The van der Waals surface area contributed by atoms with Crippen LogP contribution in [0.3, 0.4) is 0 Å². The molecule has 0 bridgehead atoms. The predicted octanol–water partition coefficient (Wildman–Crippen LogP) is 4.83. The largest absolute Gasteiger partial charge is 0.383 e. The van der Waals surface area contributed by atoms with Gasteiger partial charge in [-0.15, -0.1) is 0 Å². The molecule has 172 valence electrons. The van der Waals surface area contributed by atoms with E-state index in [-0.39, 0.29) is 10.8 Å². The number of carbonyl (C=O) groups is 1. The van der Waals surface area contributed by atoms with Crippen molar-refractivity contribution in [2.45, 2.75) is 11.4 Å². The molecule has 1 N–H and O–H groups in total. The summed E-state index contributed by atoms with van der Waals surface area (Å²) >= 11 is 6.04. The zero-order valence-electron chi connectivity index (χ0n) is 18.1. The lowest BCUT2D eigenvalue weighted by atomic mass is 10.2. The molecule has 0 aromatic heterocycles. The molecule has 0 saturated heterocycles. The third-order valence-corrected chi connectivity index (χ3v) is 6.53. The zero-order chi connectivity index (χ0) is 23.7. The first kappa shape index (κ1) is 24.5. The standard InChI is InChI=1S/C25H25ClN2O4S/c1-32-18-17-28(19-21-7-3-2-4-8-21)25(29)16-13-20-11-14-22(15-12-20)33(30,31)27-24-10-6-5-9-23(24)26/h2-16,27H,17-19H2,1H3/b16-13+. The van der Waals surface area contributed by atoms with Crippen LogP contribution in [0, 0.1) is 0 Å². The van der Waals surface area contributed by atoms with Gasteiger partial charge in [0.2, 0.25) is 5.91 Å². The Morgan fingerprint density at radius 2 is 1.67 bits per heavy atom. The monoisotopic (exact) mass is 484 g/mol. The molecule has 33 heavy (non-hydrogen) atoms. The van der Waals surface area contributed by atoms with Gasteiger partial charge in [-0.25, -0.2) is 8.42 Å². The van der Waals surface area contributed by atoms with Gasteiger partial charge in [-0.3, -0.25) is 9.52 Å². The van der Waals surface area contributed by atoms with Crippen LogP contribution >= 0.6 is 11.6 Å². The fourth-order valence-corrected chi connectivity index (χ4v) is 4.37. The van der Waals surface area contributed by atoms with E-state index in [2.05, 4.69) is 4.72 Å². The van der Waals surface area contributed by atoms with Gasteiger partial charge in [0.25, 0.3) is 10.0 Å². The maximum Gasteiger partial charge on any atom is 0.261 e. The number of nitrogens with zero attached hydrogens (tertiary/aromatic N) is 1. The molecule has 1 amide bonds. The number of carbonyl (C=O) groups excluding carboxylic acids is 1. The molecule has 0 aliphatic carbocycles. The summed E-state index contributed by atoms with van der Waals surface area (Å²) in [4.78, 5) is 14.5. The molecule has 0 atom stereocenters. The summed E-state index contributed by atoms with van der Waals surface area (Å²) in [6, 6.07) is 22.6. The second kappa shape index (κ2) is 11.7. The lowest BCUT2D eigenvalue weighted by molar-refractivity contribution is -0.127. The minimum absolute atomic E-state index is 0.0942. The van der Waals surface area contributed by atoms with E-state index in [0.717, 1.165) is 5.56 Å². The molecule has 3 aromatic carbocycles. The highest BCUT2D eigenvalue weighted by molar-refractivity contribution is 7.92. The molecule has 6 nitrogen and oxygen atoms in total. The third-order valence-electron chi connectivity index (χ3n) is 4.82. The molecule has 3 aromatic rings. The van der Waals surface area contributed by atoms with E-state index in [1.54, 1.807) is 54.5 Å². The summed E-state index contributed by atoms with van der Waals surface area (Å²) in [7, 11) is -2.20. The summed E-state index contributed by atoms with van der Waals surface area (Å²) in [5.41, 5.74) is 2.03. The fourth-order valence-electron chi connectivity index (χ4n) is 3.05. The van der Waals surface area contributed by atoms with Crippen molar-refractivity contribution in [2.75, 3.05) is 25.0 Å². The van der Waals surface area contributed by atoms with Gasteiger partial charge < -0.3 is 9.64 Å². The lowest BCUT2D eigenvalue weighted by Gasteiger charge is -2.21. The number of sulfonamides is 1. The van der Waals surface area contributed by atoms with Gasteiger partial charge in [-0.05, 0) is 41.5 Å². The van der Waals surface area contributed by atoms with Gasteiger partial charge in [-0.2, -0.15) is 0 Å². The molecular formula is C25H25ClN2O4S. The summed E-state index contributed by atoms with van der Waals surface area (Å²) in [5, 5.41) is 0.313. The molecule has 0 aliphatic heterocycles. The molecule has 0 unspecified atom stereocenters. The van der Waals surface area contributed by atoms with E-state index < -0.39 is 10.0 Å². The van der Waals surface area contributed by atoms with Gasteiger partial charge in [0, 0.05) is 26.3 Å². The molecule has 0 saturated carbocycles. The quantitative estimate of drug-likeness (QED) is 0.418. The number of nitrogens with one attached hydrogen (secondary N) is 1. The Balaban J connectivity index is 1.68. The van der Waals surface area contributed by atoms with Crippen LogP contribution in [0.15, 0.2) is 89.8 Å². The number of hydrogen-bond donors (Lipinski definition) is 1. The topological polar surface area (TPSA) is 75.7 Å². The number of para-hydroxylation sites is 1. The van der Waals surface area contributed by atoms with Crippen molar-refractivity contribution in [1.29, 1.82) is 0 Å². The van der Waals surface area contributed by atoms with Crippen LogP contribution in [-0.4, -0.2) is 39.5 Å². The molecule has 3 rings (SSSR count). The predicted molar refractivity (Wildman–Crippen MR) is 131 cm³/mol. The minimum Gasteiger partial charge on any atom is -0.383 e. The Bertz CT molecular complexity index is 1200. The van der Waals surface area contributed by atoms with Crippen molar-refractivity contribution in [2.24, 2.45) is 0 Å². The Kier molecular flexibility index (Phi) is 8.65. The van der Waals surface area contributed by atoms with Crippen LogP contribution < -0.4 is 4.72 Å². The number of methoxy groups -OCH3 is 1. The number of benzene rings is 3. The Morgan fingerprint density at radius 1 is 1.00 bits per heavy atom. The smallest absolute Gasteiger partial charge is 0.261 e. The van der Waals surface area contributed by atoms with Crippen LogP contribution in [0.1, 0.15) is 11.1 Å². The van der Waals surface area contributed by atoms with Crippen molar-refractivity contribution in [3.63, 3.8) is 0 Å². The first-order valence-electron chi connectivity index (χ1n) is 10.3. The van der Waals surface area contributed by atoms with Crippen LogP contribution in [0.4, 0.5) is 5.69 Å². The summed E-state index contributed by atoms with van der Waals surface area (Å²) in [6.45, 7) is 1.36. The molecule has 0 spiro atoms. The highest BCUT2D eigenvalue weighted by Gasteiger charge is 2.15. The molecule has 8 heteroatoms. The molecular weight excluding hydrogens is 460 g/mol. The number of amides is 1. The summed E-state index contributed by atoms with van der Waals surface area (Å²) in [5.74, 6) is -0.159. The van der Waals surface area contributed by atoms with E-state index in [1.165, 1.54) is 18.2 Å². The fraction of sp³-hybridized carbons (Fsp3) is 0.160. The van der Waals surface area contributed by atoms with Crippen molar-refractivity contribution < 1.29 is 17.9 Å². The second-order valence-corrected chi connectivity index (χ2v) is 9.32. The normalized spacial score (nSPS) is 11.5. The van der Waals surface area contributed by atoms with Gasteiger partial charge in [-0.1, -0.05) is 66.2 Å². The van der Waals surface area contributed by atoms with Crippen LogP contribution in [0.2, 0.25) is 5.02 Å². The minimum atomic E-state index is -3.79. The maximum atomic E-state index is 12.8. The first-order valence-corrected chi connectivity index (χ1v) is 12.1. The van der Waals surface area contributed by atoms with Gasteiger partial charge in [0.15, 0.2) is 0 Å². The van der Waals surface area contributed by atoms with Gasteiger partial charge >= 0.3 is 0 Å². The van der Waals surface area contributed by atoms with Crippen LogP contribution in [0.5, 0.6) is 0 Å². The Hall–Kier alpha value is -3.13. The molecule has 0 heterocycles. The number of halogens is 1. The lowest BCUT2D eigenvalue weighted by Crippen LogP contribution is -2.32. The average molecular weight is 485 g/mol. The maximum absolute atomic E-state index is 12.8. The van der Waals surface area contributed by atoms with Crippen LogP contribution in [-0.2, 0) is 26.1 Å². The highest BCUT2D eigenvalue weighted by atomic mass is 35.5. The number of hydrogen-bond acceptors (Lipinski definition) is 4. The Labute approximate surface area is 199 Å². The van der Waals surface area contributed by atoms with E-state index in [1.807, 2.05) is 30.3 Å². The SMILES string of the molecule is COCCN(Cc1ccccc1)C(=O)/C=C/c1ccc(S(=O)(=O)Nc2ccccc2Cl)cc1. The van der Waals surface area contributed by atoms with E-state index in [4.69, 9.17) is 16.3 Å². The second-order valence-electron chi connectivity index (χ2n) is 7.23. The van der Waals surface area contributed by atoms with Crippen LogP contribution in [0.25, 0.3) is 6.08 Å². The molecule has 0 radical (unpaired) electrons. The highest BCUT2D eigenvalue weighted by Crippen LogP contribution is 2.24. The average Bonchev–Trinajstić information content (AvgIpc) is 2.82. The first-order chi connectivity index (χ1) is 15.9. The number of rotatable bonds is 10. The van der Waals surface area contributed by atoms with E-state index >= 15 is 0 Å². The van der Waals surface area contributed by atoms with E-state index in [0.29, 0.717) is 36.0 Å². The molecule has 0 fully saturated rings. The number of ether oxygens (including phenoxy) is 1. The number of anilines is 1. The molecule has 0 aliphatic rings. The summed E-state index contributed by atoms with van der Waals surface area (Å²) in [6.07, 6.45) is 3.13. The van der Waals surface area contributed by atoms with Gasteiger partial charge in [0.05, 0.1) is 22.2 Å².